The summed E-state index contributed by atoms with van der Waals surface area (Å²) in [5.74, 6) is -0.735. The Bertz CT molecular complexity index is 675. The van der Waals surface area contributed by atoms with Gasteiger partial charge >= 0.3 is 5.97 Å². The highest BCUT2D eigenvalue weighted by Gasteiger charge is 2.12. The van der Waals surface area contributed by atoms with Gasteiger partial charge in [0.15, 0.2) is 0 Å². The van der Waals surface area contributed by atoms with Gasteiger partial charge in [0.1, 0.15) is 18.2 Å². The number of aromatic carboxylic acids is 1. The van der Waals surface area contributed by atoms with E-state index in [1.54, 1.807) is 38.1 Å². The lowest BCUT2D eigenvalue weighted by atomic mass is 10.1. The van der Waals surface area contributed by atoms with Crippen LogP contribution in [-0.4, -0.2) is 11.1 Å². The lowest BCUT2D eigenvalue weighted by Gasteiger charge is -2.13. The molecular formula is C16H14BrFO3. The lowest BCUT2D eigenvalue weighted by molar-refractivity contribution is 0.0696. The number of hydrogen-bond donors (Lipinski definition) is 1. The number of ether oxygens (including phenoxy) is 1. The van der Waals surface area contributed by atoms with Gasteiger partial charge in [-0.1, -0.05) is 15.9 Å². The first-order valence-electron chi connectivity index (χ1n) is 6.29. The fourth-order valence-electron chi connectivity index (χ4n) is 2.11. The quantitative estimate of drug-likeness (QED) is 0.882. The predicted octanol–water partition coefficient (Wildman–Crippen LogP) is 4.48. The van der Waals surface area contributed by atoms with E-state index in [1.165, 1.54) is 6.07 Å². The van der Waals surface area contributed by atoms with Crippen molar-refractivity contribution in [1.82, 2.24) is 0 Å². The summed E-state index contributed by atoms with van der Waals surface area (Å²) < 4.78 is 20.1. The molecule has 3 nitrogen and oxygen atoms in total. The van der Waals surface area contributed by atoms with Crippen molar-refractivity contribution in [1.29, 1.82) is 0 Å². The van der Waals surface area contributed by atoms with E-state index in [0.717, 1.165) is 4.47 Å². The molecule has 21 heavy (non-hydrogen) atoms. The van der Waals surface area contributed by atoms with Crippen LogP contribution >= 0.6 is 15.9 Å². The average Bonchev–Trinajstić information content (AvgIpc) is 2.41. The smallest absolute Gasteiger partial charge is 0.335 e. The summed E-state index contributed by atoms with van der Waals surface area (Å²) in [5.41, 5.74) is 2.07. The number of rotatable bonds is 4. The van der Waals surface area contributed by atoms with E-state index in [0.29, 0.717) is 22.4 Å². The van der Waals surface area contributed by atoms with E-state index in [9.17, 15) is 9.18 Å². The van der Waals surface area contributed by atoms with Crippen molar-refractivity contribution in [3.8, 4) is 5.75 Å². The minimum atomic E-state index is -0.981. The summed E-state index contributed by atoms with van der Waals surface area (Å²) in [6, 6.07) is 7.74. The molecule has 2 rings (SSSR count). The fraction of sp³-hybridized carbons (Fsp3) is 0.188. The summed E-state index contributed by atoms with van der Waals surface area (Å²) in [7, 11) is 0. The van der Waals surface area contributed by atoms with Crippen LogP contribution in [0.3, 0.4) is 0 Å². The number of carboxylic acids is 1. The average molecular weight is 353 g/mol. The van der Waals surface area contributed by atoms with E-state index < -0.39 is 5.97 Å². The maximum absolute atomic E-state index is 13.7. The van der Waals surface area contributed by atoms with Gasteiger partial charge in [-0.15, -0.1) is 0 Å². The van der Waals surface area contributed by atoms with Crippen molar-refractivity contribution < 1.29 is 19.0 Å². The summed E-state index contributed by atoms with van der Waals surface area (Å²) in [4.78, 5) is 11.0. The lowest BCUT2D eigenvalue weighted by Crippen LogP contribution is -2.04. The molecule has 0 fully saturated rings. The molecule has 0 bridgehead atoms. The highest BCUT2D eigenvalue weighted by molar-refractivity contribution is 9.10. The highest BCUT2D eigenvalue weighted by atomic mass is 79.9. The normalized spacial score (nSPS) is 10.5. The van der Waals surface area contributed by atoms with Crippen molar-refractivity contribution in [3.63, 3.8) is 0 Å². The predicted molar refractivity (Wildman–Crippen MR) is 81.3 cm³/mol. The first-order chi connectivity index (χ1) is 9.88. The molecule has 0 aliphatic rings. The molecular weight excluding hydrogens is 339 g/mol. The molecule has 0 amide bonds. The summed E-state index contributed by atoms with van der Waals surface area (Å²) >= 11 is 3.29. The summed E-state index contributed by atoms with van der Waals surface area (Å²) in [6.07, 6.45) is 0. The van der Waals surface area contributed by atoms with Crippen LogP contribution in [0.4, 0.5) is 4.39 Å². The van der Waals surface area contributed by atoms with Crippen molar-refractivity contribution in [2.24, 2.45) is 0 Å². The molecule has 2 aromatic rings. The zero-order chi connectivity index (χ0) is 15.6. The topological polar surface area (TPSA) is 46.5 Å². The zero-order valence-electron chi connectivity index (χ0n) is 11.6. The Labute approximate surface area is 130 Å². The molecule has 0 aromatic heterocycles. The van der Waals surface area contributed by atoms with Crippen LogP contribution in [0.25, 0.3) is 0 Å². The Hall–Kier alpha value is -1.88. The van der Waals surface area contributed by atoms with Crippen molar-refractivity contribution in [2.45, 2.75) is 20.5 Å². The van der Waals surface area contributed by atoms with Gasteiger partial charge in [-0.3, -0.25) is 0 Å². The standard InChI is InChI=1S/C16H14BrFO3/c1-9-5-11(16(19)20)6-10(2)15(9)21-8-12-7-13(17)3-4-14(12)18/h3-7H,8H2,1-2H3,(H,19,20). The molecule has 2 aromatic carbocycles. The molecule has 0 heterocycles. The van der Waals surface area contributed by atoms with Gasteiger partial charge < -0.3 is 9.84 Å². The maximum atomic E-state index is 13.7. The molecule has 0 spiro atoms. The Morgan fingerprint density at radius 3 is 2.43 bits per heavy atom. The Morgan fingerprint density at radius 1 is 1.24 bits per heavy atom. The van der Waals surface area contributed by atoms with Crippen LogP contribution in [-0.2, 0) is 6.61 Å². The Balaban J connectivity index is 2.24. The monoisotopic (exact) mass is 352 g/mol. The third kappa shape index (κ3) is 3.61. The Morgan fingerprint density at radius 2 is 1.86 bits per heavy atom. The SMILES string of the molecule is Cc1cc(C(=O)O)cc(C)c1OCc1cc(Br)ccc1F. The van der Waals surface area contributed by atoms with E-state index in [2.05, 4.69) is 15.9 Å². The molecule has 0 atom stereocenters. The van der Waals surface area contributed by atoms with E-state index in [-0.39, 0.29) is 18.0 Å². The third-order valence-electron chi connectivity index (χ3n) is 3.09. The highest BCUT2D eigenvalue weighted by Crippen LogP contribution is 2.26. The second-order valence-electron chi connectivity index (χ2n) is 4.77. The van der Waals surface area contributed by atoms with Crippen LogP contribution in [0.5, 0.6) is 5.75 Å². The molecule has 0 saturated carbocycles. The number of carbonyl (C=O) groups is 1. The van der Waals surface area contributed by atoms with Crippen molar-refractivity contribution in [3.05, 3.63) is 62.9 Å². The molecule has 5 heteroatoms. The van der Waals surface area contributed by atoms with Gasteiger partial charge in [-0.25, -0.2) is 9.18 Å². The number of carboxylic acid groups (broad SMARTS) is 1. The minimum absolute atomic E-state index is 0.0827. The van der Waals surface area contributed by atoms with Gasteiger partial charge in [-0.05, 0) is 55.3 Å². The summed E-state index contributed by atoms with van der Waals surface area (Å²) in [6.45, 7) is 3.62. The van der Waals surface area contributed by atoms with Gasteiger partial charge in [0, 0.05) is 10.0 Å². The van der Waals surface area contributed by atoms with E-state index in [4.69, 9.17) is 9.84 Å². The number of benzene rings is 2. The fourth-order valence-corrected chi connectivity index (χ4v) is 2.51. The molecule has 1 N–H and O–H groups in total. The zero-order valence-corrected chi connectivity index (χ0v) is 13.2. The van der Waals surface area contributed by atoms with Gasteiger partial charge in [0.05, 0.1) is 5.56 Å². The second kappa shape index (κ2) is 6.26. The summed E-state index contributed by atoms with van der Waals surface area (Å²) in [5, 5.41) is 9.00. The van der Waals surface area contributed by atoms with Crippen molar-refractivity contribution >= 4 is 21.9 Å². The minimum Gasteiger partial charge on any atom is -0.488 e. The van der Waals surface area contributed by atoms with Gasteiger partial charge in [-0.2, -0.15) is 0 Å². The number of halogens is 2. The van der Waals surface area contributed by atoms with E-state index in [1.807, 2.05) is 0 Å². The first-order valence-corrected chi connectivity index (χ1v) is 7.09. The molecule has 0 aliphatic carbocycles. The number of aryl methyl sites for hydroxylation is 2. The molecule has 0 unspecified atom stereocenters. The molecule has 0 saturated heterocycles. The van der Waals surface area contributed by atoms with Gasteiger partial charge in [0.2, 0.25) is 0 Å². The largest absolute Gasteiger partial charge is 0.488 e. The molecule has 0 aliphatic heterocycles. The third-order valence-corrected chi connectivity index (χ3v) is 3.58. The van der Waals surface area contributed by atoms with Crippen LogP contribution in [0, 0.1) is 19.7 Å². The molecule has 110 valence electrons. The van der Waals surface area contributed by atoms with Crippen LogP contribution in [0.2, 0.25) is 0 Å². The van der Waals surface area contributed by atoms with Crippen LogP contribution in [0.1, 0.15) is 27.0 Å². The van der Waals surface area contributed by atoms with Crippen LogP contribution in [0.15, 0.2) is 34.8 Å². The van der Waals surface area contributed by atoms with Crippen molar-refractivity contribution in [2.75, 3.05) is 0 Å². The second-order valence-corrected chi connectivity index (χ2v) is 5.68. The maximum Gasteiger partial charge on any atom is 0.335 e. The van der Waals surface area contributed by atoms with E-state index >= 15 is 0 Å². The van der Waals surface area contributed by atoms with Crippen LogP contribution < -0.4 is 4.74 Å². The molecule has 0 radical (unpaired) electrons. The first kappa shape index (κ1) is 15.5. The van der Waals surface area contributed by atoms with Gasteiger partial charge in [0.25, 0.3) is 0 Å². The Kier molecular flexibility index (Phi) is 4.63. The number of hydrogen-bond acceptors (Lipinski definition) is 2.